The summed E-state index contributed by atoms with van der Waals surface area (Å²) in [6, 6.07) is 9.72. The number of hydrogen-bond acceptors (Lipinski definition) is 3. The summed E-state index contributed by atoms with van der Waals surface area (Å²) in [5, 5.41) is 15.0. The van der Waals surface area contributed by atoms with E-state index in [0.717, 1.165) is 10.0 Å². The van der Waals surface area contributed by atoms with Crippen molar-refractivity contribution in [2.75, 3.05) is 5.32 Å². The van der Waals surface area contributed by atoms with Crippen LogP contribution in [0.5, 0.6) is 0 Å². The van der Waals surface area contributed by atoms with E-state index in [4.69, 9.17) is 23.2 Å². The van der Waals surface area contributed by atoms with Crippen LogP contribution in [0.3, 0.4) is 0 Å². The molecule has 1 unspecified atom stereocenters. The Kier molecular flexibility index (Phi) is 5.08. The Morgan fingerprint density at radius 2 is 1.86 bits per heavy atom. The second-order valence-corrected chi connectivity index (χ2v) is 6.19. The lowest BCUT2D eigenvalue weighted by Crippen LogP contribution is -2.08. The molecule has 0 radical (unpaired) electrons. The number of nitro groups is 1. The van der Waals surface area contributed by atoms with E-state index in [-0.39, 0.29) is 11.7 Å². The minimum Gasteiger partial charge on any atom is -0.376 e. The van der Waals surface area contributed by atoms with Gasteiger partial charge in [-0.3, -0.25) is 10.1 Å². The van der Waals surface area contributed by atoms with Gasteiger partial charge in [-0.1, -0.05) is 51.3 Å². The molecule has 2 aromatic rings. The van der Waals surface area contributed by atoms with Crippen molar-refractivity contribution in [3.8, 4) is 0 Å². The molecule has 0 amide bonds. The number of anilines is 1. The molecular formula is C14H11BrCl2N2O2. The molecule has 2 rings (SSSR count). The zero-order chi connectivity index (χ0) is 15.6. The Labute approximate surface area is 140 Å². The minimum atomic E-state index is -0.421. The summed E-state index contributed by atoms with van der Waals surface area (Å²) in [6.45, 7) is 1.88. The fraction of sp³-hybridized carbons (Fsp3) is 0.143. The van der Waals surface area contributed by atoms with E-state index < -0.39 is 4.92 Å². The second kappa shape index (κ2) is 6.64. The highest BCUT2D eigenvalue weighted by molar-refractivity contribution is 9.10. The first-order valence-corrected chi connectivity index (χ1v) is 7.59. The summed E-state index contributed by atoms with van der Waals surface area (Å²) in [4.78, 5) is 10.4. The van der Waals surface area contributed by atoms with Crippen molar-refractivity contribution in [1.82, 2.24) is 0 Å². The lowest BCUT2D eigenvalue weighted by molar-refractivity contribution is -0.384. The predicted molar refractivity (Wildman–Crippen MR) is 89.3 cm³/mol. The number of rotatable bonds is 4. The molecule has 0 aromatic heterocycles. The molecule has 0 heterocycles. The van der Waals surface area contributed by atoms with E-state index in [2.05, 4.69) is 21.2 Å². The molecule has 0 fully saturated rings. The van der Waals surface area contributed by atoms with E-state index in [9.17, 15) is 10.1 Å². The fourth-order valence-electron chi connectivity index (χ4n) is 1.89. The SMILES string of the molecule is CC(Nc1c(Cl)cc(Br)cc1Cl)c1cccc([N+](=O)[O-])c1. The number of nitrogens with zero attached hydrogens (tertiary/aromatic N) is 1. The Balaban J connectivity index is 2.28. The molecule has 0 bridgehead atoms. The predicted octanol–water partition coefficient (Wildman–Crippen LogP) is 5.84. The third-order valence-electron chi connectivity index (χ3n) is 2.95. The van der Waals surface area contributed by atoms with Gasteiger partial charge in [0.05, 0.1) is 20.7 Å². The first-order valence-electron chi connectivity index (χ1n) is 6.04. The van der Waals surface area contributed by atoms with E-state index in [1.54, 1.807) is 18.2 Å². The number of hydrogen-bond donors (Lipinski definition) is 1. The van der Waals surface area contributed by atoms with Crippen LogP contribution in [0.25, 0.3) is 0 Å². The Hall–Kier alpha value is -1.30. The van der Waals surface area contributed by atoms with Crippen LogP contribution in [0.15, 0.2) is 40.9 Å². The van der Waals surface area contributed by atoms with Crippen molar-refractivity contribution < 1.29 is 4.92 Å². The number of nitrogens with one attached hydrogen (secondary N) is 1. The van der Waals surface area contributed by atoms with Gasteiger partial charge in [0.1, 0.15) is 0 Å². The molecule has 21 heavy (non-hydrogen) atoms. The van der Waals surface area contributed by atoms with Crippen LogP contribution >= 0.6 is 39.1 Å². The quantitative estimate of drug-likeness (QED) is 0.528. The maximum absolute atomic E-state index is 10.8. The first kappa shape index (κ1) is 16.1. The summed E-state index contributed by atoms with van der Waals surface area (Å²) < 4.78 is 0.783. The second-order valence-electron chi connectivity index (χ2n) is 4.46. The van der Waals surface area contributed by atoms with Crippen LogP contribution in [-0.4, -0.2) is 4.92 Å². The van der Waals surface area contributed by atoms with Crippen molar-refractivity contribution in [3.05, 3.63) is 66.6 Å². The smallest absolute Gasteiger partial charge is 0.269 e. The highest BCUT2D eigenvalue weighted by Gasteiger charge is 2.14. The Morgan fingerprint density at radius 3 is 2.43 bits per heavy atom. The van der Waals surface area contributed by atoms with Gasteiger partial charge in [0.2, 0.25) is 0 Å². The highest BCUT2D eigenvalue weighted by atomic mass is 79.9. The minimum absolute atomic E-state index is 0.0501. The number of non-ortho nitro benzene ring substituents is 1. The molecule has 110 valence electrons. The molecule has 1 N–H and O–H groups in total. The van der Waals surface area contributed by atoms with Gasteiger partial charge in [-0.15, -0.1) is 0 Å². The lowest BCUT2D eigenvalue weighted by Gasteiger charge is -2.18. The van der Waals surface area contributed by atoms with E-state index in [1.807, 2.05) is 13.0 Å². The standard InChI is InChI=1S/C14H11BrCl2N2O2/c1-8(9-3-2-4-11(5-9)19(20)21)18-14-12(16)6-10(15)7-13(14)17/h2-8,18H,1H3. The van der Waals surface area contributed by atoms with E-state index in [0.29, 0.717) is 15.7 Å². The van der Waals surface area contributed by atoms with Gasteiger partial charge in [0, 0.05) is 22.6 Å². The van der Waals surface area contributed by atoms with Crippen LogP contribution in [0, 0.1) is 10.1 Å². The molecule has 0 aliphatic heterocycles. The summed E-state index contributed by atoms with van der Waals surface area (Å²) in [5.74, 6) is 0. The normalized spacial score (nSPS) is 12.0. The number of nitro benzene ring substituents is 1. The molecule has 4 nitrogen and oxygen atoms in total. The average Bonchev–Trinajstić information content (AvgIpc) is 2.42. The van der Waals surface area contributed by atoms with Crippen molar-refractivity contribution in [3.63, 3.8) is 0 Å². The lowest BCUT2D eigenvalue weighted by atomic mass is 10.1. The van der Waals surface area contributed by atoms with Crippen LogP contribution in [0.4, 0.5) is 11.4 Å². The average molecular weight is 390 g/mol. The van der Waals surface area contributed by atoms with Gasteiger partial charge < -0.3 is 5.32 Å². The van der Waals surface area contributed by atoms with Crippen LogP contribution < -0.4 is 5.32 Å². The van der Waals surface area contributed by atoms with Gasteiger partial charge in [-0.05, 0) is 24.6 Å². The van der Waals surface area contributed by atoms with E-state index >= 15 is 0 Å². The summed E-state index contributed by atoms with van der Waals surface area (Å²) in [5.41, 5.74) is 1.42. The van der Waals surface area contributed by atoms with Crippen LogP contribution in [0.2, 0.25) is 10.0 Å². The van der Waals surface area contributed by atoms with Crippen molar-refractivity contribution in [1.29, 1.82) is 0 Å². The molecule has 1 atom stereocenters. The maximum Gasteiger partial charge on any atom is 0.269 e. The summed E-state index contributed by atoms with van der Waals surface area (Å²) in [6.07, 6.45) is 0. The van der Waals surface area contributed by atoms with Gasteiger partial charge in [0.25, 0.3) is 5.69 Å². The largest absolute Gasteiger partial charge is 0.376 e. The highest BCUT2D eigenvalue weighted by Crippen LogP contribution is 2.36. The van der Waals surface area contributed by atoms with E-state index in [1.165, 1.54) is 12.1 Å². The fourth-order valence-corrected chi connectivity index (χ4v) is 3.21. The molecule has 0 saturated heterocycles. The monoisotopic (exact) mass is 388 g/mol. The molecule has 2 aromatic carbocycles. The van der Waals surface area contributed by atoms with Crippen LogP contribution in [0.1, 0.15) is 18.5 Å². The van der Waals surface area contributed by atoms with Crippen molar-refractivity contribution in [2.45, 2.75) is 13.0 Å². The molecule has 0 aliphatic rings. The third kappa shape index (κ3) is 3.87. The number of halogens is 3. The Bertz CT molecular complexity index is 671. The maximum atomic E-state index is 10.8. The number of benzene rings is 2. The molecule has 0 aliphatic carbocycles. The van der Waals surface area contributed by atoms with Crippen molar-refractivity contribution in [2.24, 2.45) is 0 Å². The van der Waals surface area contributed by atoms with Crippen molar-refractivity contribution >= 4 is 50.5 Å². The Morgan fingerprint density at radius 1 is 1.24 bits per heavy atom. The first-order chi connectivity index (χ1) is 9.88. The summed E-state index contributed by atoms with van der Waals surface area (Å²) >= 11 is 15.6. The van der Waals surface area contributed by atoms with Gasteiger partial charge in [-0.2, -0.15) is 0 Å². The van der Waals surface area contributed by atoms with Gasteiger partial charge in [0.15, 0.2) is 0 Å². The molecular weight excluding hydrogens is 379 g/mol. The summed E-state index contributed by atoms with van der Waals surface area (Å²) in [7, 11) is 0. The van der Waals surface area contributed by atoms with Crippen LogP contribution in [-0.2, 0) is 0 Å². The zero-order valence-electron chi connectivity index (χ0n) is 10.9. The van der Waals surface area contributed by atoms with Gasteiger partial charge in [-0.25, -0.2) is 0 Å². The molecule has 0 saturated carbocycles. The molecule has 0 spiro atoms. The van der Waals surface area contributed by atoms with Gasteiger partial charge >= 0.3 is 0 Å². The molecule has 7 heteroatoms. The zero-order valence-corrected chi connectivity index (χ0v) is 14.0. The topological polar surface area (TPSA) is 55.2 Å². The third-order valence-corrected chi connectivity index (χ3v) is 4.00.